The van der Waals surface area contributed by atoms with Crippen molar-refractivity contribution < 1.29 is 14.3 Å². The summed E-state index contributed by atoms with van der Waals surface area (Å²) < 4.78 is 4.71. The van der Waals surface area contributed by atoms with Gasteiger partial charge in [0.05, 0.1) is 6.54 Å². The highest BCUT2D eigenvalue weighted by Crippen LogP contribution is 2.40. The molecular weight excluding hydrogens is 230 g/mol. The van der Waals surface area contributed by atoms with Crippen LogP contribution in [0.2, 0.25) is 0 Å². The third-order valence-electron chi connectivity index (χ3n) is 3.01. The number of rotatable bonds is 5. The van der Waals surface area contributed by atoms with E-state index in [1.165, 1.54) is 6.92 Å². The van der Waals surface area contributed by atoms with Gasteiger partial charge in [-0.25, -0.2) is 0 Å². The van der Waals surface area contributed by atoms with E-state index in [1.54, 1.807) is 6.92 Å². The van der Waals surface area contributed by atoms with Crippen LogP contribution in [0.15, 0.2) is 0 Å². The molecule has 0 bridgehead atoms. The van der Waals surface area contributed by atoms with Crippen LogP contribution in [0.1, 0.15) is 33.1 Å². The van der Waals surface area contributed by atoms with Crippen LogP contribution in [-0.4, -0.2) is 29.9 Å². The molecule has 1 amide bonds. The summed E-state index contributed by atoms with van der Waals surface area (Å²) >= 11 is 6.21. The Hall–Kier alpha value is -0.770. The van der Waals surface area contributed by atoms with Gasteiger partial charge in [0, 0.05) is 6.92 Å². The standard InChI is InChI=1S/C11H18ClNO3/c1-8(14)16-7-6-13-10(15)11(2,12)9-4-3-5-9/h9H,3-7H2,1-2H3,(H,13,15). The lowest BCUT2D eigenvalue weighted by Crippen LogP contribution is -2.48. The van der Waals surface area contributed by atoms with E-state index in [0.717, 1.165) is 19.3 Å². The molecule has 1 atom stereocenters. The van der Waals surface area contributed by atoms with Gasteiger partial charge in [-0.05, 0) is 25.7 Å². The Labute approximate surface area is 101 Å². The Balaban J connectivity index is 2.25. The zero-order valence-corrected chi connectivity index (χ0v) is 10.5. The van der Waals surface area contributed by atoms with Crippen LogP contribution >= 0.6 is 11.6 Å². The summed E-state index contributed by atoms with van der Waals surface area (Å²) in [5.74, 6) is -0.254. The van der Waals surface area contributed by atoms with Gasteiger partial charge in [-0.1, -0.05) is 6.42 Å². The smallest absolute Gasteiger partial charge is 0.302 e. The molecule has 0 heterocycles. The SMILES string of the molecule is CC(=O)OCCNC(=O)C(C)(Cl)C1CCC1. The van der Waals surface area contributed by atoms with E-state index in [9.17, 15) is 9.59 Å². The molecule has 4 nitrogen and oxygen atoms in total. The zero-order chi connectivity index (χ0) is 12.2. The monoisotopic (exact) mass is 247 g/mol. The first-order valence-corrected chi connectivity index (χ1v) is 5.93. The van der Waals surface area contributed by atoms with Gasteiger partial charge in [0.25, 0.3) is 0 Å². The van der Waals surface area contributed by atoms with Crippen molar-refractivity contribution in [1.29, 1.82) is 0 Å². The molecule has 92 valence electrons. The van der Waals surface area contributed by atoms with Crippen molar-refractivity contribution in [1.82, 2.24) is 5.32 Å². The minimum absolute atomic E-state index is 0.175. The maximum atomic E-state index is 11.8. The van der Waals surface area contributed by atoms with E-state index in [2.05, 4.69) is 5.32 Å². The molecule has 0 aromatic rings. The van der Waals surface area contributed by atoms with E-state index in [0.29, 0.717) is 6.54 Å². The Morgan fingerprint density at radius 2 is 2.12 bits per heavy atom. The van der Waals surface area contributed by atoms with Crippen molar-refractivity contribution in [3.63, 3.8) is 0 Å². The van der Waals surface area contributed by atoms with Crippen LogP contribution in [0, 0.1) is 5.92 Å². The van der Waals surface area contributed by atoms with E-state index in [-0.39, 0.29) is 24.4 Å². The minimum Gasteiger partial charge on any atom is -0.464 e. The van der Waals surface area contributed by atoms with Crippen LogP contribution in [0.25, 0.3) is 0 Å². The first kappa shape index (κ1) is 13.3. The number of ether oxygens (including phenoxy) is 1. The fourth-order valence-electron chi connectivity index (χ4n) is 1.67. The molecule has 0 saturated heterocycles. The molecule has 5 heteroatoms. The Bertz CT molecular complexity index is 274. The largest absolute Gasteiger partial charge is 0.464 e. The number of carbonyl (C=O) groups is 2. The van der Waals surface area contributed by atoms with Crippen LogP contribution in [0.5, 0.6) is 0 Å². The fraction of sp³-hybridized carbons (Fsp3) is 0.818. The molecule has 1 N–H and O–H groups in total. The molecule has 0 radical (unpaired) electrons. The lowest BCUT2D eigenvalue weighted by molar-refractivity contribution is -0.141. The second-order valence-electron chi connectivity index (χ2n) is 4.30. The quantitative estimate of drug-likeness (QED) is 0.455. The average Bonchev–Trinajstić information content (AvgIpc) is 2.07. The van der Waals surface area contributed by atoms with Crippen molar-refractivity contribution in [2.75, 3.05) is 13.2 Å². The van der Waals surface area contributed by atoms with Gasteiger partial charge in [0.1, 0.15) is 11.5 Å². The summed E-state index contributed by atoms with van der Waals surface area (Å²) in [6.07, 6.45) is 3.17. The maximum Gasteiger partial charge on any atom is 0.302 e. The number of nitrogens with one attached hydrogen (secondary N) is 1. The van der Waals surface area contributed by atoms with Gasteiger partial charge in [0.15, 0.2) is 0 Å². The topological polar surface area (TPSA) is 55.4 Å². The third kappa shape index (κ3) is 3.37. The number of carbonyl (C=O) groups excluding carboxylic acids is 2. The molecule has 0 spiro atoms. The van der Waals surface area contributed by atoms with Crippen molar-refractivity contribution in [2.24, 2.45) is 5.92 Å². The zero-order valence-electron chi connectivity index (χ0n) is 9.72. The van der Waals surface area contributed by atoms with E-state index in [4.69, 9.17) is 16.3 Å². The second kappa shape index (κ2) is 5.53. The van der Waals surface area contributed by atoms with Gasteiger partial charge in [-0.2, -0.15) is 0 Å². The molecule has 1 rings (SSSR count). The predicted molar refractivity (Wildman–Crippen MR) is 61.2 cm³/mol. The first-order valence-electron chi connectivity index (χ1n) is 5.55. The highest BCUT2D eigenvalue weighted by Gasteiger charge is 2.42. The first-order chi connectivity index (χ1) is 7.44. The number of hydrogen-bond acceptors (Lipinski definition) is 3. The van der Waals surface area contributed by atoms with E-state index < -0.39 is 4.87 Å². The molecule has 1 aliphatic carbocycles. The summed E-state index contributed by atoms with van der Waals surface area (Å²) in [4.78, 5) is 21.4. The lowest BCUT2D eigenvalue weighted by Gasteiger charge is -2.36. The highest BCUT2D eigenvalue weighted by molar-refractivity contribution is 6.34. The summed E-state index contributed by atoms with van der Waals surface area (Å²) in [7, 11) is 0. The second-order valence-corrected chi connectivity index (χ2v) is 5.08. The van der Waals surface area contributed by atoms with Crippen molar-refractivity contribution in [3.05, 3.63) is 0 Å². The van der Waals surface area contributed by atoms with Crippen molar-refractivity contribution in [3.8, 4) is 0 Å². The van der Waals surface area contributed by atoms with Gasteiger partial charge < -0.3 is 10.1 Å². The van der Waals surface area contributed by atoms with Crippen LogP contribution in [-0.2, 0) is 14.3 Å². The Morgan fingerprint density at radius 3 is 2.56 bits per heavy atom. The highest BCUT2D eigenvalue weighted by atomic mass is 35.5. The molecule has 0 aromatic carbocycles. The van der Waals surface area contributed by atoms with Crippen molar-refractivity contribution >= 4 is 23.5 Å². The van der Waals surface area contributed by atoms with Gasteiger partial charge in [0.2, 0.25) is 5.91 Å². The molecule has 16 heavy (non-hydrogen) atoms. The number of hydrogen-bond donors (Lipinski definition) is 1. The van der Waals surface area contributed by atoms with Gasteiger partial charge in [-0.3, -0.25) is 9.59 Å². The molecule has 1 saturated carbocycles. The number of alkyl halides is 1. The van der Waals surface area contributed by atoms with Gasteiger partial charge >= 0.3 is 5.97 Å². The molecular formula is C11H18ClNO3. The summed E-state index contributed by atoms with van der Waals surface area (Å²) in [6, 6.07) is 0. The normalized spacial score (nSPS) is 19.4. The van der Waals surface area contributed by atoms with Crippen LogP contribution in [0.3, 0.4) is 0 Å². The van der Waals surface area contributed by atoms with Crippen LogP contribution < -0.4 is 5.32 Å². The van der Waals surface area contributed by atoms with E-state index in [1.807, 2.05) is 0 Å². The average molecular weight is 248 g/mol. The molecule has 1 fully saturated rings. The maximum absolute atomic E-state index is 11.8. The summed E-state index contributed by atoms with van der Waals surface area (Å²) in [5.41, 5.74) is 0. The molecule has 1 unspecified atom stereocenters. The Kier molecular flexibility index (Phi) is 4.59. The molecule has 1 aliphatic rings. The van der Waals surface area contributed by atoms with Crippen LogP contribution in [0.4, 0.5) is 0 Å². The lowest BCUT2D eigenvalue weighted by atomic mass is 9.75. The molecule has 0 aliphatic heterocycles. The summed E-state index contributed by atoms with van der Waals surface area (Å²) in [5, 5.41) is 2.68. The number of amides is 1. The third-order valence-corrected chi connectivity index (χ3v) is 3.49. The summed E-state index contributed by atoms with van der Waals surface area (Å²) in [6.45, 7) is 3.59. The fourth-order valence-corrected chi connectivity index (χ4v) is 1.95. The number of halogens is 1. The molecule has 0 aromatic heterocycles. The Morgan fingerprint density at radius 1 is 1.50 bits per heavy atom. The van der Waals surface area contributed by atoms with E-state index >= 15 is 0 Å². The predicted octanol–water partition coefficient (Wildman–Crippen LogP) is 1.46. The number of esters is 1. The van der Waals surface area contributed by atoms with Gasteiger partial charge in [-0.15, -0.1) is 11.6 Å². The minimum atomic E-state index is -0.825. The van der Waals surface area contributed by atoms with Crippen molar-refractivity contribution in [2.45, 2.75) is 38.0 Å².